The average Bonchev–Trinajstić information content (AvgIpc) is 3.39. The van der Waals surface area contributed by atoms with Gasteiger partial charge in [0, 0.05) is 33.9 Å². The van der Waals surface area contributed by atoms with Gasteiger partial charge in [-0.15, -0.1) is 0 Å². The number of imidazole rings is 1. The van der Waals surface area contributed by atoms with Gasteiger partial charge in [0.05, 0.1) is 36.6 Å². The molecule has 1 aliphatic heterocycles. The van der Waals surface area contributed by atoms with Gasteiger partial charge in [-0.1, -0.05) is 71.9 Å². The molecule has 2 atom stereocenters. The topological polar surface area (TPSA) is 88.4 Å². The van der Waals surface area contributed by atoms with Crippen LogP contribution in [0.3, 0.4) is 0 Å². The molecule has 0 saturated carbocycles. The van der Waals surface area contributed by atoms with Gasteiger partial charge in [-0.2, -0.15) is 0 Å². The summed E-state index contributed by atoms with van der Waals surface area (Å²) in [6.45, 7) is 15.8. The molecule has 0 bridgehead atoms. The quantitative estimate of drug-likeness (QED) is 0.134. The fourth-order valence-corrected chi connectivity index (χ4v) is 11.7. The summed E-state index contributed by atoms with van der Waals surface area (Å²) in [5, 5.41) is -0.527. The van der Waals surface area contributed by atoms with Gasteiger partial charge in [-0.25, -0.2) is 19.3 Å². The molecule has 1 saturated heterocycles. The lowest BCUT2D eigenvalue weighted by Crippen LogP contribution is -2.63. The van der Waals surface area contributed by atoms with E-state index in [9.17, 15) is 9.18 Å². The minimum atomic E-state index is -2.94. The van der Waals surface area contributed by atoms with E-state index in [0.29, 0.717) is 37.4 Å². The molecule has 0 unspecified atom stereocenters. The maximum absolute atomic E-state index is 14.1. The molecule has 1 aliphatic rings. The third-order valence-electron chi connectivity index (χ3n) is 8.48. The second-order valence-corrected chi connectivity index (χ2v) is 18.6. The van der Waals surface area contributed by atoms with E-state index >= 15 is 0 Å². The smallest absolute Gasteiger partial charge is 0.349 e. The number of hydrogen-bond acceptors (Lipinski definition) is 7. The van der Waals surface area contributed by atoms with Crippen molar-refractivity contribution in [1.29, 1.82) is 0 Å². The zero-order valence-electron chi connectivity index (χ0n) is 27.9. The summed E-state index contributed by atoms with van der Waals surface area (Å²) in [6.07, 6.45) is 4.12. The molecule has 0 radical (unpaired) electrons. The van der Waals surface area contributed by atoms with Crippen molar-refractivity contribution in [2.45, 2.75) is 96.6 Å². The lowest BCUT2D eigenvalue weighted by Gasteiger charge is -2.55. The van der Waals surface area contributed by atoms with Crippen LogP contribution in [0.15, 0.2) is 73.2 Å². The van der Waals surface area contributed by atoms with Gasteiger partial charge in [-0.3, -0.25) is 4.79 Å². The van der Waals surface area contributed by atoms with E-state index in [-0.39, 0.29) is 40.5 Å². The highest BCUT2D eigenvalue weighted by Crippen LogP contribution is 2.55. The van der Waals surface area contributed by atoms with Crippen molar-refractivity contribution >= 4 is 14.5 Å². The highest BCUT2D eigenvalue weighted by molar-refractivity contribution is 6.73. The Balaban J connectivity index is 1.60. The highest BCUT2D eigenvalue weighted by atomic mass is 28.4. The predicted molar refractivity (Wildman–Crippen MR) is 179 cm³/mol. The highest BCUT2D eigenvalue weighted by Gasteiger charge is 2.62. The van der Waals surface area contributed by atoms with Crippen molar-refractivity contribution in [1.82, 2.24) is 19.5 Å². The molecule has 8 nitrogen and oxygen atoms in total. The molecule has 2 aromatic heterocycles. The van der Waals surface area contributed by atoms with Crippen molar-refractivity contribution in [3.05, 3.63) is 79.0 Å². The number of nitrogens with zero attached hydrogens (tertiary/aromatic N) is 4. The minimum absolute atomic E-state index is 0.173. The first-order valence-electron chi connectivity index (χ1n) is 16.0. The van der Waals surface area contributed by atoms with E-state index in [2.05, 4.69) is 56.1 Å². The number of esters is 1. The second kappa shape index (κ2) is 13.6. The Morgan fingerprint density at radius 2 is 1.63 bits per heavy atom. The first kappa shape index (κ1) is 33.6. The molecule has 0 aliphatic carbocycles. The zero-order chi connectivity index (χ0) is 33.1. The number of rotatable bonds is 9. The number of aromatic nitrogens is 4. The summed E-state index contributed by atoms with van der Waals surface area (Å²) >= 11 is 0. The summed E-state index contributed by atoms with van der Waals surface area (Å²) < 4.78 is 35.7. The summed E-state index contributed by atoms with van der Waals surface area (Å²) in [4.78, 5) is 26.5. The van der Waals surface area contributed by atoms with E-state index < -0.39 is 8.56 Å². The maximum atomic E-state index is 14.1. The van der Waals surface area contributed by atoms with Crippen LogP contribution in [-0.4, -0.2) is 52.9 Å². The van der Waals surface area contributed by atoms with Gasteiger partial charge < -0.3 is 18.2 Å². The van der Waals surface area contributed by atoms with Gasteiger partial charge >= 0.3 is 14.5 Å². The maximum Gasteiger partial charge on any atom is 0.349 e. The minimum Gasteiger partial charge on any atom is -0.466 e. The van der Waals surface area contributed by atoms with Crippen LogP contribution in [0.5, 0.6) is 0 Å². The monoisotopic (exact) mass is 644 g/mol. The molecule has 244 valence electrons. The molecule has 3 heterocycles. The molecule has 2 aromatic carbocycles. The number of ether oxygens (including phenoxy) is 1. The van der Waals surface area contributed by atoms with Crippen LogP contribution in [0.25, 0.3) is 34.0 Å². The van der Waals surface area contributed by atoms with Crippen LogP contribution in [0.1, 0.15) is 67.7 Å². The predicted octanol–water partition coefficient (Wildman–Crippen LogP) is 8.37. The fourth-order valence-electron chi connectivity index (χ4n) is 6.69. The van der Waals surface area contributed by atoms with Crippen LogP contribution in [0.4, 0.5) is 4.39 Å². The van der Waals surface area contributed by atoms with Crippen LogP contribution >= 0.6 is 0 Å². The molecular formula is C36H45FN4O4Si. The summed E-state index contributed by atoms with van der Waals surface area (Å²) in [7, 11) is -2.94. The van der Waals surface area contributed by atoms with Crippen molar-refractivity contribution in [3.8, 4) is 34.0 Å². The molecule has 10 heteroatoms. The molecular weight excluding hydrogens is 600 g/mol. The van der Waals surface area contributed by atoms with Crippen LogP contribution < -0.4 is 0 Å². The molecule has 46 heavy (non-hydrogen) atoms. The number of carbonyl (C=O) groups is 1. The van der Waals surface area contributed by atoms with E-state index in [0.717, 1.165) is 22.6 Å². The molecule has 0 amide bonds. The first-order chi connectivity index (χ1) is 21.8. The van der Waals surface area contributed by atoms with Crippen molar-refractivity contribution in [3.63, 3.8) is 0 Å². The van der Waals surface area contributed by atoms with E-state index in [1.54, 1.807) is 18.3 Å². The lowest BCUT2D eigenvalue weighted by molar-refractivity contribution is -0.147. The SMILES string of the molecule is CCOC(=O)C[C@H]1C[C@@H](CCn2c(-c3ccccc3)nc(-c3ccncn3)c2-c2ccc(F)cc2)O[Si](C(C)(C)C)(C(C)(C)C)O1. The lowest BCUT2D eigenvalue weighted by atomic mass is 10.1. The zero-order valence-corrected chi connectivity index (χ0v) is 28.9. The van der Waals surface area contributed by atoms with Crippen LogP contribution in [0, 0.1) is 5.82 Å². The standard InChI is InChI=1S/C36H45FN4O4Si/c1-8-43-31(42)23-29-22-28(44-46(45-29,35(2,3)4)36(5,6)7)19-21-41-33(25-14-16-27(37)17-15-25)32(30-18-20-38-24-39-30)40-34(41)26-12-10-9-11-13-26/h9-18,20,24,28-29H,8,19,21-23H2,1-7H3/t28-,29-/m1/s1. The molecule has 5 rings (SSSR count). The molecule has 0 N–H and O–H groups in total. The Hall–Kier alpha value is -3.73. The number of hydrogen-bond donors (Lipinski definition) is 0. The van der Waals surface area contributed by atoms with E-state index in [4.69, 9.17) is 18.6 Å². The first-order valence-corrected chi connectivity index (χ1v) is 17.8. The van der Waals surface area contributed by atoms with Crippen molar-refractivity contribution < 1.29 is 22.8 Å². The average molecular weight is 645 g/mol. The van der Waals surface area contributed by atoms with Crippen LogP contribution in [0.2, 0.25) is 10.1 Å². The molecule has 1 fully saturated rings. The Kier molecular flexibility index (Phi) is 9.91. The molecule has 0 spiro atoms. The number of halogens is 1. The van der Waals surface area contributed by atoms with Crippen molar-refractivity contribution in [2.24, 2.45) is 0 Å². The summed E-state index contributed by atoms with van der Waals surface area (Å²) in [5.41, 5.74) is 3.98. The third-order valence-corrected chi connectivity index (χ3v) is 13.8. The summed E-state index contributed by atoms with van der Waals surface area (Å²) in [6, 6.07) is 18.4. The Morgan fingerprint density at radius 1 is 0.957 bits per heavy atom. The largest absolute Gasteiger partial charge is 0.466 e. The van der Waals surface area contributed by atoms with E-state index in [1.807, 2.05) is 43.3 Å². The van der Waals surface area contributed by atoms with Gasteiger partial charge in [-0.05, 0) is 50.1 Å². The Labute approximate surface area is 272 Å². The van der Waals surface area contributed by atoms with Gasteiger partial charge in [0.2, 0.25) is 0 Å². The Morgan fingerprint density at radius 3 is 2.24 bits per heavy atom. The molecule has 4 aromatic rings. The van der Waals surface area contributed by atoms with E-state index in [1.165, 1.54) is 18.5 Å². The van der Waals surface area contributed by atoms with Gasteiger partial charge in [0.25, 0.3) is 0 Å². The third kappa shape index (κ3) is 6.99. The van der Waals surface area contributed by atoms with Gasteiger partial charge in [0.1, 0.15) is 23.7 Å². The fraction of sp³-hybridized carbons (Fsp3) is 0.444. The number of benzene rings is 2. The van der Waals surface area contributed by atoms with Gasteiger partial charge in [0.15, 0.2) is 0 Å². The normalized spacial score (nSPS) is 18.3. The second-order valence-electron chi connectivity index (χ2n) is 13.9. The number of carbonyl (C=O) groups excluding carboxylic acids is 1. The Bertz CT molecular complexity index is 1600. The van der Waals surface area contributed by atoms with Crippen LogP contribution in [-0.2, 0) is 24.9 Å². The van der Waals surface area contributed by atoms with Crippen molar-refractivity contribution in [2.75, 3.05) is 6.61 Å². The summed E-state index contributed by atoms with van der Waals surface area (Å²) in [5.74, 6) is 0.211.